The van der Waals surface area contributed by atoms with Gasteiger partial charge in [0.15, 0.2) is 0 Å². The van der Waals surface area contributed by atoms with Crippen molar-refractivity contribution >= 4 is 10.9 Å². The van der Waals surface area contributed by atoms with E-state index in [4.69, 9.17) is 0 Å². The third-order valence-corrected chi connectivity index (χ3v) is 4.67. The number of rotatable bonds is 2. The van der Waals surface area contributed by atoms with Gasteiger partial charge in [0.2, 0.25) is 0 Å². The Morgan fingerprint density at radius 3 is 2.41 bits per heavy atom. The summed E-state index contributed by atoms with van der Waals surface area (Å²) in [6, 6.07) is 13.2. The Bertz CT molecular complexity index is 783. The predicted octanol–water partition coefficient (Wildman–Crippen LogP) is 4.44. The second kappa shape index (κ2) is 5.58. The molecule has 0 aliphatic carbocycles. The molecule has 0 atom stereocenters. The summed E-state index contributed by atoms with van der Waals surface area (Å²) in [7, 11) is 0. The number of halogens is 1. The highest BCUT2D eigenvalue weighted by molar-refractivity contribution is 5.88. The number of aromatic nitrogens is 1. The predicted molar refractivity (Wildman–Crippen MR) is 88.5 cm³/mol. The molecule has 1 fully saturated rings. The molecule has 0 amide bonds. The van der Waals surface area contributed by atoms with E-state index in [0.29, 0.717) is 5.92 Å². The summed E-state index contributed by atoms with van der Waals surface area (Å²) in [5, 5.41) is 4.74. The third-order valence-electron chi connectivity index (χ3n) is 4.67. The normalized spacial score (nSPS) is 16.2. The fourth-order valence-electron chi connectivity index (χ4n) is 3.44. The molecule has 22 heavy (non-hydrogen) atoms. The van der Waals surface area contributed by atoms with Gasteiger partial charge in [-0.05, 0) is 66.7 Å². The first-order valence-corrected chi connectivity index (χ1v) is 7.89. The van der Waals surface area contributed by atoms with Crippen molar-refractivity contribution in [3.63, 3.8) is 0 Å². The van der Waals surface area contributed by atoms with Gasteiger partial charge in [-0.1, -0.05) is 24.3 Å². The number of aromatic amines is 1. The van der Waals surface area contributed by atoms with Gasteiger partial charge in [0.1, 0.15) is 5.82 Å². The van der Waals surface area contributed by atoms with Gasteiger partial charge in [0, 0.05) is 17.1 Å². The monoisotopic (exact) mass is 294 g/mol. The first-order chi connectivity index (χ1) is 10.8. The van der Waals surface area contributed by atoms with Crippen LogP contribution in [0.2, 0.25) is 0 Å². The highest BCUT2D eigenvalue weighted by Gasteiger charge is 2.18. The van der Waals surface area contributed by atoms with Crippen molar-refractivity contribution in [3.05, 3.63) is 60.0 Å². The van der Waals surface area contributed by atoms with Crippen LogP contribution >= 0.6 is 0 Å². The van der Waals surface area contributed by atoms with Crippen molar-refractivity contribution in [2.75, 3.05) is 13.1 Å². The lowest BCUT2D eigenvalue weighted by atomic mass is 9.89. The molecule has 1 aliphatic rings. The molecule has 0 saturated carbocycles. The SMILES string of the molecule is Fc1ccc(-c2ccc3c(C4CCNCC4)c[nH]c3c2)cc1. The Morgan fingerprint density at radius 1 is 0.909 bits per heavy atom. The molecule has 112 valence electrons. The maximum absolute atomic E-state index is 13.1. The summed E-state index contributed by atoms with van der Waals surface area (Å²) >= 11 is 0. The molecule has 1 aliphatic heterocycles. The van der Waals surface area contributed by atoms with Gasteiger partial charge in [-0.3, -0.25) is 0 Å². The number of benzene rings is 2. The van der Waals surface area contributed by atoms with Crippen LogP contribution in [0.5, 0.6) is 0 Å². The molecule has 0 bridgehead atoms. The molecule has 2 heterocycles. The number of fused-ring (bicyclic) bond motifs is 1. The molecule has 0 radical (unpaired) electrons. The summed E-state index contributed by atoms with van der Waals surface area (Å²) in [5.41, 5.74) is 4.75. The zero-order valence-corrected chi connectivity index (χ0v) is 12.4. The second-order valence-electron chi connectivity index (χ2n) is 6.04. The van der Waals surface area contributed by atoms with E-state index in [1.807, 2.05) is 12.1 Å². The second-order valence-corrected chi connectivity index (χ2v) is 6.04. The Labute approximate surface area is 129 Å². The van der Waals surface area contributed by atoms with Gasteiger partial charge in [-0.25, -0.2) is 4.39 Å². The summed E-state index contributed by atoms with van der Waals surface area (Å²) in [4.78, 5) is 3.41. The number of nitrogens with one attached hydrogen (secondary N) is 2. The van der Waals surface area contributed by atoms with E-state index in [-0.39, 0.29) is 5.82 Å². The van der Waals surface area contributed by atoms with Gasteiger partial charge < -0.3 is 10.3 Å². The third kappa shape index (κ3) is 2.42. The molecule has 0 spiro atoms. The van der Waals surface area contributed by atoms with E-state index < -0.39 is 0 Å². The van der Waals surface area contributed by atoms with Crippen LogP contribution in [-0.2, 0) is 0 Å². The van der Waals surface area contributed by atoms with Gasteiger partial charge in [0.05, 0.1) is 0 Å². The van der Waals surface area contributed by atoms with Gasteiger partial charge in [0.25, 0.3) is 0 Å². The summed E-state index contributed by atoms with van der Waals surface area (Å²) in [6.07, 6.45) is 4.56. The van der Waals surface area contributed by atoms with E-state index in [0.717, 1.165) is 29.7 Å². The average molecular weight is 294 g/mol. The first-order valence-electron chi connectivity index (χ1n) is 7.89. The van der Waals surface area contributed by atoms with Crippen LogP contribution < -0.4 is 5.32 Å². The minimum Gasteiger partial charge on any atom is -0.361 e. The van der Waals surface area contributed by atoms with E-state index in [2.05, 4.69) is 34.7 Å². The lowest BCUT2D eigenvalue weighted by Gasteiger charge is -2.22. The fraction of sp³-hybridized carbons (Fsp3) is 0.263. The molecule has 4 rings (SSSR count). The standard InChI is InChI=1S/C19H19FN2/c20-16-4-1-13(2-5-16)15-3-6-17-18(12-22-19(17)11-15)14-7-9-21-10-8-14/h1-6,11-12,14,21-22H,7-10H2. The van der Waals surface area contributed by atoms with Crippen molar-refractivity contribution in [1.29, 1.82) is 0 Å². The molecule has 2 nitrogen and oxygen atoms in total. The highest BCUT2D eigenvalue weighted by Crippen LogP contribution is 2.33. The van der Waals surface area contributed by atoms with Gasteiger partial charge >= 0.3 is 0 Å². The maximum Gasteiger partial charge on any atom is 0.123 e. The van der Waals surface area contributed by atoms with Crippen LogP contribution in [0, 0.1) is 5.82 Å². The van der Waals surface area contributed by atoms with Crippen LogP contribution in [0.25, 0.3) is 22.0 Å². The fourth-order valence-corrected chi connectivity index (χ4v) is 3.44. The Kier molecular flexibility index (Phi) is 3.43. The van der Waals surface area contributed by atoms with Crippen molar-refractivity contribution in [1.82, 2.24) is 10.3 Å². The number of H-pyrrole nitrogens is 1. The molecular formula is C19H19FN2. The summed E-state index contributed by atoms with van der Waals surface area (Å²) in [5.74, 6) is 0.449. The Morgan fingerprint density at radius 2 is 1.64 bits per heavy atom. The first kappa shape index (κ1) is 13.5. The number of hydrogen-bond acceptors (Lipinski definition) is 1. The molecule has 1 aromatic heterocycles. The maximum atomic E-state index is 13.1. The molecule has 3 heteroatoms. The Balaban J connectivity index is 1.71. The molecular weight excluding hydrogens is 275 g/mol. The van der Waals surface area contributed by atoms with Crippen LogP contribution in [0.3, 0.4) is 0 Å². The molecule has 1 saturated heterocycles. The van der Waals surface area contributed by atoms with Crippen molar-refractivity contribution in [2.24, 2.45) is 0 Å². The number of hydrogen-bond donors (Lipinski definition) is 2. The van der Waals surface area contributed by atoms with Crippen molar-refractivity contribution < 1.29 is 4.39 Å². The topological polar surface area (TPSA) is 27.8 Å². The van der Waals surface area contributed by atoms with Crippen LogP contribution in [0.1, 0.15) is 24.3 Å². The van der Waals surface area contributed by atoms with Crippen molar-refractivity contribution in [2.45, 2.75) is 18.8 Å². The molecule has 0 unspecified atom stereocenters. The van der Waals surface area contributed by atoms with E-state index in [9.17, 15) is 4.39 Å². The van der Waals surface area contributed by atoms with E-state index in [1.165, 1.54) is 35.9 Å². The number of piperidine rings is 1. The summed E-state index contributed by atoms with van der Waals surface area (Å²) in [6.45, 7) is 2.20. The van der Waals surface area contributed by atoms with Gasteiger partial charge in [-0.15, -0.1) is 0 Å². The highest BCUT2D eigenvalue weighted by atomic mass is 19.1. The van der Waals surface area contributed by atoms with Gasteiger partial charge in [-0.2, -0.15) is 0 Å². The summed E-state index contributed by atoms with van der Waals surface area (Å²) < 4.78 is 13.1. The zero-order chi connectivity index (χ0) is 14.9. The lowest BCUT2D eigenvalue weighted by molar-refractivity contribution is 0.462. The van der Waals surface area contributed by atoms with Crippen LogP contribution in [0.15, 0.2) is 48.7 Å². The smallest absolute Gasteiger partial charge is 0.123 e. The molecule has 3 aromatic rings. The largest absolute Gasteiger partial charge is 0.361 e. The zero-order valence-electron chi connectivity index (χ0n) is 12.4. The minimum atomic E-state index is -0.196. The average Bonchev–Trinajstić information content (AvgIpc) is 2.99. The Hall–Kier alpha value is -2.13. The molecule has 2 aromatic carbocycles. The lowest BCUT2D eigenvalue weighted by Crippen LogP contribution is -2.26. The van der Waals surface area contributed by atoms with Crippen molar-refractivity contribution in [3.8, 4) is 11.1 Å². The quantitative estimate of drug-likeness (QED) is 0.718. The molecule has 2 N–H and O–H groups in total. The van der Waals surface area contributed by atoms with Crippen LogP contribution in [0.4, 0.5) is 4.39 Å². The minimum absolute atomic E-state index is 0.196. The van der Waals surface area contributed by atoms with E-state index in [1.54, 1.807) is 0 Å². The van der Waals surface area contributed by atoms with Crippen LogP contribution in [-0.4, -0.2) is 18.1 Å². The van der Waals surface area contributed by atoms with E-state index >= 15 is 0 Å².